The number of hydrogen-bond donors (Lipinski definition) is 1. The molecule has 6 heteroatoms. The first-order chi connectivity index (χ1) is 10.8. The van der Waals surface area contributed by atoms with Gasteiger partial charge < -0.3 is 14.5 Å². The van der Waals surface area contributed by atoms with Crippen LogP contribution in [-0.2, 0) is 9.47 Å². The van der Waals surface area contributed by atoms with Crippen molar-refractivity contribution in [3.63, 3.8) is 0 Å². The van der Waals surface area contributed by atoms with E-state index in [9.17, 15) is 4.79 Å². The molecule has 1 amide bonds. The largest absolute Gasteiger partial charge is 0.444 e. The van der Waals surface area contributed by atoms with Crippen molar-refractivity contribution in [3.8, 4) is 0 Å². The molecule has 3 rings (SSSR count). The third-order valence-corrected chi connectivity index (χ3v) is 4.58. The minimum atomic E-state index is -0.500. The highest BCUT2D eigenvalue weighted by atomic mass is 16.6. The minimum absolute atomic E-state index is 0.0283. The number of ether oxygens (including phenoxy) is 2. The van der Waals surface area contributed by atoms with Gasteiger partial charge in [-0.1, -0.05) is 0 Å². The maximum atomic E-state index is 12.7. The van der Waals surface area contributed by atoms with Crippen LogP contribution < -0.4 is 0 Å². The average Bonchev–Trinajstić information content (AvgIpc) is 3.02. The Hall–Kier alpha value is -1.56. The van der Waals surface area contributed by atoms with E-state index < -0.39 is 5.60 Å². The van der Waals surface area contributed by atoms with Crippen LogP contribution in [0.25, 0.3) is 0 Å². The maximum absolute atomic E-state index is 12.7. The predicted octanol–water partition coefficient (Wildman–Crippen LogP) is 3.20. The lowest BCUT2D eigenvalue weighted by Crippen LogP contribution is -2.40. The van der Waals surface area contributed by atoms with Crippen molar-refractivity contribution < 1.29 is 14.3 Å². The Morgan fingerprint density at radius 3 is 2.87 bits per heavy atom. The number of amides is 1. The zero-order chi connectivity index (χ0) is 16.7. The zero-order valence-electron chi connectivity index (χ0n) is 14.5. The van der Waals surface area contributed by atoms with Gasteiger partial charge in [0.2, 0.25) is 0 Å². The van der Waals surface area contributed by atoms with E-state index in [-0.39, 0.29) is 17.6 Å². The molecule has 0 bridgehead atoms. The summed E-state index contributed by atoms with van der Waals surface area (Å²) in [6.45, 7) is 9.86. The van der Waals surface area contributed by atoms with Gasteiger partial charge >= 0.3 is 6.09 Å². The van der Waals surface area contributed by atoms with Crippen LogP contribution in [0.2, 0.25) is 0 Å². The van der Waals surface area contributed by atoms with E-state index >= 15 is 0 Å². The van der Waals surface area contributed by atoms with Crippen LogP contribution >= 0.6 is 0 Å². The standard InChI is InChI=1S/C17H27N3O3/c1-12-9-18-14(19-12)13-8-17(6-5-7-22-11-17)10-20(13)15(21)23-16(2,3)4/h9,13H,5-8,10-11H2,1-4H3,(H,18,19)/t13-,17-/m0/s1. The molecule has 0 aromatic carbocycles. The number of rotatable bonds is 1. The van der Waals surface area contributed by atoms with Gasteiger partial charge in [0.15, 0.2) is 0 Å². The lowest BCUT2D eigenvalue weighted by molar-refractivity contribution is -0.00754. The van der Waals surface area contributed by atoms with Crippen molar-refractivity contribution in [1.29, 1.82) is 0 Å². The molecule has 0 saturated carbocycles. The predicted molar refractivity (Wildman–Crippen MR) is 86.1 cm³/mol. The van der Waals surface area contributed by atoms with Gasteiger partial charge in [0, 0.05) is 30.5 Å². The highest BCUT2D eigenvalue weighted by Gasteiger charge is 2.49. The molecule has 0 unspecified atom stereocenters. The molecule has 6 nitrogen and oxygen atoms in total. The van der Waals surface area contributed by atoms with Crippen LogP contribution in [0, 0.1) is 12.3 Å². The molecule has 3 heterocycles. The van der Waals surface area contributed by atoms with Gasteiger partial charge in [-0.15, -0.1) is 0 Å². The lowest BCUT2D eigenvalue weighted by atomic mass is 9.80. The Morgan fingerprint density at radius 1 is 1.52 bits per heavy atom. The Morgan fingerprint density at radius 2 is 2.30 bits per heavy atom. The van der Waals surface area contributed by atoms with Crippen LogP contribution in [0.4, 0.5) is 4.79 Å². The number of carbonyl (C=O) groups excluding carboxylic acids is 1. The van der Waals surface area contributed by atoms with Gasteiger partial charge in [-0.3, -0.25) is 4.90 Å². The normalized spacial score (nSPS) is 28.3. The summed E-state index contributed by atoms with van der Waals surface area (Å²) in [7, 11) is 0. The second-order valence-corrected chi connectivity index (χ2v) is 7.94. The molecule has 1 aromatic heterocycles. The van der Waals surface area contributed by atoms with E-state index in [2.05, 4.69) is 9.97 Å². The highest BCUT2D eigenvalue weighted by Crippen LogP contribution is 2.47. The Kier molecular flexibility index (Phi) is 4.12. The Bertz CT molecular complexity index is 570. The first kappa shape index (κ1) is 16.3. The molecule has 2 saturated heterocycles. The van der Waals surface area contributed by atoms with Gasteiger partial charge in [-0.25, -0.2) is 9.78 Å². The smallest absolute Gasteiger partial charge is 0.410 e. The van der Waals surface area contributed by atoms with Crippen LogP contribution in [0.5, 0.6) is 0 Å². The maximum Gasteiger partial charge on any atom is 0.410 e. The minimum Gasteiger partial charge on any atom is -0.444 e. The fourth-order valence-electron chi connectivity index (χ4n) is 3.61. The molecule has 0 radical (unpaired) electrons. The molecule has 23 heavy (non-hydrogen) atoms. The van der Waals surface area contributed by atoms with Gasteiger partial charge in [0.25, 0.3) is 0 Å². The van der Waals surface area contributed by atoms with E-state index in [4.69, 9.17) is 9.47 Å². The summed E-state index contributed by atoms with van der Waals surface area (Å²) in [5, 5.41) is 0. The van der Waals surface area contributed by atoms with E-state index in [0.29, 0.717) is 13.2 Å². The number of aromatic nitrogens is 2. The Balaban J connectivity index is 1.85. The van der Waals surface area contributed by atoms with Gasteiger partial charge in [-0.05, 0) is 47.0 Å². The van der Waals surface area contributed by atoms with Crippen LogP contribution in [0.3, 0.4) is 0 Å². The number of imidazole rings is 1. The van der Waals surface area contributed by atoms with E-state index in [0.717, 1.165) is 37.4 Å². The molecular formula is C17H27N3O3. The summed E-state index contributed by atoms with van der Waals surface area (Å²) in [5.74, 6) is 0.843. The molecule has 1 spiro atoms. The number of aromatic amines is 1. The molecule has 128 valence electrons. The number of nitrogens with one attached hydrogen (secondary N) is 1. The van der Waals surface area contributed by atoms with Crippen molar-refractivity contribution in [2.24, 2.45) is 5.41 Å². The number of carbonyl (C=O) groups is 1. The first-order valence-corrected chi connectivity index (χ1v) is 8.37. The molecule has 2 atom stereocenters. The third-order valence-electron chi connectivity index (χ3n) is 4.58. The monoisotopic (exact) mass is 321 g/mol. The van der Waals surface area contributed by atoms with Crippen molar-refractivity contribution in [2.75, 3.05) is 19.8 Å². The number of aryl methyl sites for hydroxylation is 1. The van der Waals surface area contributed by atoms with Crippen molar-refractivity contribution >= 4 is 6.09 Å². The molecule has 0 aliphatic carbocycles. The highest BCUT2D eigenvalue weighted by molar-refractivity contribution is 5.69. The fourth-order valence-corrected chi connectivity index (χ4v) is 3.61. The van der Waals surface area contributed by atoms with Crippen molar-refractivity contribution in [1.82, 2.24) is 14.9 Å². The molecule has 1 N–H and O–H groups in total. The SMILES string of the molecule is Cc1cnc([C@@H]2C[C@@]3(CCCOC3)CN2C(=O)OC(C)(C)C)[nH]1. The van der Waals surface area contributed by atoms with Crippen LogP contribution in [0.15, 0.2) is 6.20 Å². The summed E-state index contributed by atoms with van der Waals surface area (Å²) in [5.41, 5.74) is 0.532. The van der Waals surface area contributed by atoms with Crippen molar-refractivity contribution in [3.05, 3.63) is 17.7 Å². The quantitative estimate of drug-likeness (QED) is 0.862. The third kappa shape index (κ3) is 3.52. The number of H-pyrrole nitrogens is 1. The van der Waals surface area contributed by atoms with Gasteiger partial charge in [-0.2, -0.15) is 0 Å². The average molecular weight is 321 g/mol. The summed E-state index contributed by atoms with van der Waals surface area (Å²) in [4.78, 5) is 22.3. The molecule has 2 aliphatic heterocycles. The van der Waals surface area contributed by atoms with Gasteiger partial charge in [0.1, 0.15) is 11.4 Å². The molecular weight excluding hydrogens is 294 g/mol. The van der Waals surface area contributed by atoms with E-state index in [1.54, 1.807) is 0 Å². The summed E-state index contributed by atoms with van der Waals surface area (Å²) in [6.07, 6.45) is 4.55. The summed E-state index contributed by atoms with van der Waals surface area (Å²) in [6, 6.07) is -0.0692. The topological polar surface area (TPSA) is 67.4 Å². The Labute approximate surface area is 137 Å². The van der Waals surface area contributed by atoms with Crippen LogP contribution in [0.1, 0.15) is 57.6 Å². The van der Waals surface area contributed by atoms with E-state index in [1.807, 2.05) is 38.8 Å². The number of hydrogen-bond acceptors (Lipinski definition) is 4. The zero-order valence-corrected chi connectivity index (χ0v) is 14.5. The molecule has 2 aliphatic rings. The first-order valence-electron chi connectivity index (χ1n) is 8.37. The van der Waals surface area contributed by atoms with Crippen LogP contribution in [-0.4, -0.2) is 46.3 Å². The number of likely N-dealkylation sites (tertiary alicyclic amines) is 1. The number of nitrogens with zero attached hydrogens (tertiary/aromatic N) is 2. The summed E-state index contributed by atoms with van der Waals surface area (Å²) < 4.78 is 11.3. The summed E-state index contributed by atoms with van der Waals surface area (Å²) >= 11 is 0. The van der Waals surface area contributed by atoms with Crippen molar-refractivity contribution in [2.45, 2.75) is 58.6 Å². The fraction of sp³-hybridized carbons (Fsp3) is 0.765. The second-order valence-electron chi connectivity index (χ2n) is 7.94. The second kappa shape index (κ2) is 5.82. The van der Waals surface area contributed by atoms with E-state index in [1.165, 1.54) is 0 Å². The molecule has 1 aromatic rings. The lowest BCUT2D eigenvalue weighted by Gasteiger charge is -2.33. The van der Waals surface area contributed by atoms with Gasteiger partial charge in [0.05, 0.1) is 12.6 Å². The molecule has 2 fully saturated rings.